The molecule has 7 aromatic rings. The molecule has 0 amide bonds. The smallest absolute Gasteiger partial charge is 0.338 e. The number of hydrogen-bond acceptors (Lipinski definition) is 17. The van der Waals surface area contributed by atoms with Crippen molar-refractivity contribution in [2.45, 2.75) is 116 Å². The van der Waals surface area contributed by atoms with Crippen molar-refractivity contribution in [2.75, 3.05) is 17.2 Å². The fourth-order valence-corrected chi connectivity index (χ4v) is 9.96. The molecule has 20 nitrogen and oxygen atoms in total. The molecule has 0 aliphatic carbocycles. The Labute approximate surface area is 411 Å². The first-order chi connectivity index (χ1) is 32.5. The number of carbonyl (C=O) groups excluding carboxylic acids is 1. The van der Waals surface area contributed by atoms with Crippen molar-refractivity contribution in [3.63, 3.8) is 0 Å². The van der Waals surface area contributed by atoms with Crippen molar-refractivity contribution >= 4 is 103 Å². The highest BCUT2D eigenvalue weighted by atomic mass is 35.5. The van der Waals surface area contributed by atoms with E-state index in [4.69, 9.17) is 82.6 Å². The van der Waals surface area contributed by atoms with Crippen LogP contribution in [0.5, 0.6) is 0 Å². The SMILES string of the molecule is CC[C@H]1O[C@@H](n2cnc3c(N)nc(Cl)nc32)C(C)[C@H]1C.CC[C@H]1O[C@@H](n2cnc3c(N)nc(Cl)nc32)C(Cl)[C@H]1C.CC[C@H]1O[C@@H](n2cnc3c(N)nc(Cl)nc32)C(OC(=O)c2ccccc2)[C@H]1C. The third-order valence-corrected chi connectivity index (χ3v) is 14.2. The molecule has 362 valence electrons. The molecule has 68 heavy (non-hydrogen) atoms. The standard InChI is InChI=1S/C19H20ClN5O3.C13H18ClN5O.C12H15Cl2N5O/c1-3-12-10(2)14(28-18(26)11-7-5-4-6-8-11)17(27-12)25-9-22-13-15(21)23-19(20)24-16(13)25;1-4-8-6(2)7(3)12(20-8)19-5-16-9-10(15)17-13(14)18-11(9)19;1-3-6-5(2)7(13)11(20-6)19-4-16-8-9(15)17-12(14)18-10(8)19/h4-10,12,14,17H,3H2,1-2H3,(H2,21,23,24);5-8,12H,4H2,1-3H3,(H2,15,17,18);4-7,11H,3H2,1-2H3,(H2,15,17,18)/t10-,12+,14?,17+;6-,7?,8-,12-;5-,6+,7?,11+/m010/s1. The van der Waals surface area contributed by atoms with Crippen molar-refractivity contribution in [3.8, 4) is 0 Å². The third-order valence-electron chi connectivity index (χ3n) is 13.1. The summed E-state index contributed by atoms with van der Waals surface area (Å²) in [6.07, 6.45) is 6.33. The number of nitrogens with zero attached hydrogens (tertiary/aromatic N) is 12. The summed E-state index contributed by atoms with van der Waals surface area (Å²) in [5, 5.41) is 0.0680. The van der Waals surface area contributed by atoms with Crippen molar-refractivity contribution in [3.05, 3.63) is 70.7 Å². The van der Waals surface area contributed by atoms with Crippen LogP contribution < -0.4 is 17.2 Å². The van der Waals surface area contributed by atoms with Gasteiger partial charge >= 0.3 is 5.97 Å². The van der Waals surface area contributed by atoms with Crippen LogP contribution in [0.1, 0.15) is 96.8 Å². The molecular formula is C44H53Cl4N15O5. The Morgan fingerprint density at radius 2 is 0.971 bits per heavy atom. The van der Waals surface area contributed by atoms with Gasteiger partial charge in [0.2, 0.25) is 15.9 Å². The molecule has 3 fully saturated rings. The average Bonchev–Trinajstić information content (AvgIpc) is 4.18. The number of aromatic nitrogens is 12. The van der Waals surface area contributed by atoms with Crippen molar-refractivity contribution in [1.29, 1.82) is 0 Å². The van der Waals surface area contributed by atoms with E-state index in [1.165, 1.54) is 0 Å². The Hall–Kier alpha value is -5.22. The van der Waals surface area contributed by atoms with Crippen molar-refractivity contribution in [2.24, 2.45) is 23.7 Å². The van der Waals surface area contributed by atoms with E-state index in [0.717, 1.165) is 19.3 Å². The first kappa shape index (κ1) is 49.2. The minimum atomic E-state index is -0.594. The van der Waals surface area contributed by atoms with Gasteiger partial charge in [-0.25, -0.2) is 19.7 Å². The summed E-state index contributed by atoms with van der Waals surface area (Å²) in [4.78, 5) is 49.9. The van der Waals surface area contributed by atoms with Crippen molar-refractivity contribution < 1.29 is 23.7 Å². The minimum absolute atomic E-state index is 0.0164. The Kier molecular flexibility index (Phi) is 14.8. The Balaban J connectivity index is 0.000000141. The lowest BCUT2D eigenvalue weighted by molar-refractivity contribution is -0.0469. The topological polar surface area (TPSA) is 263 Å². The third kappa shape index (κ3) is 9.43. The van der Waals surface area contributed by atoms with E-state index in [1.54, 1.807) is 52.4 Å². The van der Waals surface area contributed by atoms with Crippen LogP contribution in [-0.2, 0) is 18.9 Å². The highest BCUT2D eigenvalue weighted by Crippen LogP contribution is 2.43. The predicted octanol–water partition coefficient (Wildman–Crippen LogP) is 8.49. The maximum absolute atomic E-state index is 12.7. The number of hydrogen-bond donors (Lipinski definition) is 3. The Morgan fingerprint density at radius 3 is 1.41 bits per heavy atom. The molecule has 0 radical (unpaired) electrons. The lowest BCUT2D eigenvalue weighted by atomic mass is 9.91. The number of anilines is 3. The van der Waals surface area contributed by atoms with Gasteiger partial charge in [0, 0.05) is 17.8 Å². The molecule has 3 unspecified atom stereocenters. The lowest BCUT2D eigenvalue weighted by Gasteiger charge is -2.22. The number of ether oxygens (including phenoxy) is 4. The van der Waals surface area contributed by atoms with Gasteiger partial charge in [0.1, 0.15) is 22.8 Å². The van der Waals surface area contributed by atoms with Crippen LogP contribution in [0, 0.1) is 23.7 Å². The minimum Gasteiger partial charge on any atom is -0.454 e. The summed E-state index contributed by atoms with van der Waals surface area (Å²) in [5.41, 5.74) is 21.1. The second kappa shape index (κ2) is 20.4. The average molecular weight is 1010 g/mol. The van der Waals surface area contributed by atoms with Crippen LogP contribution in [0.15, 0.2) is 49.3 Å². The van der Waals surface area contributed by atoms with Crippen LogP contribution in [0.25, 0.3) is 33.5 Å². The lowest BCUT2D eigenvalue weighted by Crippen LogP contribution is -2.30. The molecule has 3 saturated heterocycles. The molecule has 3 aliphatic rings. The molecule has 9 heterocycles. The molecule has 10 rings (SSSR count). The van der Waals surface area contributed by atoms with Crippen LogP contribution >= 0.6 is 46.4 Å². The van der Waals surface area contributed by atoms with Crippen LogP contribution in [0.3, 0.4) is 0 Å². The molecule has 0 saturated carbocycles. The normalized spacial score (nSPS) is 27.9. The zero-order valence-corrected chi connectivity index (χ0v) is 41.3. The zero-order valence-electron chi connectivity index (χ0n) is 38.3. The monoisotopic (exact) mass is 1010 g/mol. The summed E-state index contributed by atoms with van der Waals surface area (Å²) in [6.45, 7) is 14.7. The molecule has 6 N–H and O–H groups in total. The van der Waals surface area contributed by atoms with Gasteiger partial charge in [0.05, 0.1) is 48.2 Å². The molecule has 12 atom stereocenters. The summed E-state index contributed by atoms with van der Waals surface area (Å²) < 4.78 is 29.6. The van der Waals surface area contributed by atoms with Gasteiger partial charge in [-0.2, -0.15) is 29.9 Å². The number of nitrogens with two attached hydrogens (primary N) is 3. The van der Waals surface area contributed by atoms with Crippen LogP contribution in [0.4, 0.5) is 17.5 Å². The fraction of sp³-hybridized carbons (Fsp3) is 0.500. The molecule has 1 aromatic carbocycles. The summed E-state index contributed by atoms with van der Waals surface area (Å²) in [6, 6.07) is 8.87. The molecule has 24 heteroatoms. The van der Waals surface area contributed by atoms with Crippen molar-refractivity contribution in [1.82, 2.24) is 58.6 Å². The predicted molar refractivity (Wildman–Crippen MR) is 259 cm³/mol. The quantitative estimate of drug-likeness (QED) is 0.0732. The first-order valence-electron chi connectivity index (χ1n) is 22.4. The van der Waals surface area contributed by atoms with Gasteiger partial charge in [-0.15, -0.1) is 11.6 Å². The number of esters is 1. The van der Waals surface area contributed by atoms with Crippen LogP contribution in [-0.4, -0.2) is 94.3 Å². The second-order valence-corrected chi connectivity index (χ2v) is 18.7. The van der Waals surface area contributed by atoms with E-state index in [9.17, 15) is 4.79 Å². The summed E-state index contributed by atoms with van der Waals surface area (Å²) >= 11 is 24.2. The van der Waals surface area contributed by atoms with Gasteiger partial charge in [-0.1, -0.05) is 66.7 Å². The number of rotatable bonds is 8. The van der Waals surface area contributed by atoms with E-state index in [0.29, 0.717) is 56.7 Å². The number of halogens is 4. The van der Waals surface area contributed by atoms with Gasteiger partial charge in [-0.3, -0.25) is 13.7 Å². The van der Waals surface area contributed by atoms with E-state index in [-0.39, 0.29) is 75.5 Å². The highest BCUT2D eigenvalue weighted by Gasteiger charge is 2.46. The van der Waals surface area contributed by atoms with E-state index in [2.05, 4.69) is 79.5 Å². The van der Waals surface area contributed by atoms with E-state index in [1.807, 2.05) is 24.5 Å². The van der Waals surface area contributed by atoms with Gasteiger partial charge in [0.25, 0.3) is 0 Å². The number of fused-ring (bicyclic) bond motifs is 3. The largest absolute Gasteiger partial charge is 0.454 e. The van der Waals surface area contributed by atoms with E-state index < -0.39 is 18.3 Å². The Morgan fingerprint density at radius 1 is 0.574 bits per heavy atom. The number of nitrogen functional groups attached to an aromatic ring is 3. The van der Waals surface area contributed by atoms with Gasteiger partial charge in [-0.05, 0) is 72.1 Å². The second-order valence-electron chi connectivity index (χ2n) is 17.1. The van der Waals surface area contributed by atoms with Gasteiger partial charge in [0.15, 0.2) is 53.0 Å². The molecular weight excluding hydrogens is 960 g/mol. The highest BCUT2D eigenvalue weighted by molar-refractivity contribution is 6.29. The summed E-state index contributed by atoms with van der Waals surface area (Å²) in [5.74, 6) is 1.41. The maximum Gasteiger partial charge on any atom is 0.338 e. The number of imidazole rings is 3. The summed E-state index contributed by atoms with van der Waals surface area (Å²) in [7, 11) is 0. The fourth-order valence-electron chi connectivity index (χ4n) is 9.11. The van der Waals surface area contributed by atoms with E-state index >= 15 is 0 Å². The number of alkyl halides is 1. The Bertz CT molecular complexity index is 2790. The first-order valence-corrected chi connectivity index (χ1v) is 23.9. The molecule has 0 spiro atoms. The molecule has 3 aliphatic heterocycles. The number of carbonyl (C=O) groups is 1. The molecule has 0 bridgehead atoms. The van der Waals surface area contributed by atoms with Gasteiger partial charge < -0.3 is 36.1 Å². The maximum atomic E-state index is 12.7. The zero-order chi connectivity index (χ0) is 48.7. The number of benzene rings is 1. The molecule has 6 aromatic heterocycles. The van der Waals surface area contributed by atoms with Crippen LogP contribution in [0.2, 0.25) is 15.9 Å².